The van der Waals surface area contributed by atoms with E-state index in [1.54, 1.807) is 0 Å². The van der Waals surface area contributed by atoms with E-state index in [4.69, 9.17) is 0 Å². The van der Waals surface area contributed by atoms with E-state index in [9.17, 15) is 105 Å². The number of nitrogens with zero attached hydrogens (tertiary/aromatic N) is 2. The van der Waals surface area contributed by atoms with Crippen LogP contribution in [0.15, 0.2) is 131 Å². The summed E-state index contributed by atoms with van der Waals surface area (Å²) in [4.78, 5) is 9.04. The third kappa shape index (κ3) is 14.7. The van der Waals surface area contributed by atoms with Gasteiger partial charge in [0.1, 0.15) is 0 Å². The maximum absolute atomic E-state index is 14.3. The predicted molar refractivity (Wildman–Crippen MR) is 252 cm³/mol. The molecule has 0 aliphatic heterocycles. The minimum Gasteiger partial charge on any atom is -0.287 e. The van der Waals surface area contributed by atoms with E-state index >= 15 is 0 Å². The Morgan fingerprint density at radius 1 is 0.300 bits per heavy atom. The molecule has 0 amide bonds. The molecule has 428 valence electrons. The molecule has 0 aromatic heterocycles. The Morgan fingerprint density at radius 3 is 0.700 bits per heavy atom. The zero-order valence-corrected chi connectivity index (χ0v) is 41.3. The van der Waals surface area contributed by atoms with Crippen molar-refractivity contribution in [2.45, 2.75) is 87.2 Å². The number of hydrogen-bond acceptors (Lipinski definition) is 2. The van der Waals surface area contributed by atoms with Crippen molar-refractivity contribution >= 4 is 60.1 Å². The second kappa shape index (κ2) is 22.3. The van der Waals surface area contributed by atoms with Crippen molar-refractivity contribution in [1.29, 1.82) is 0 Å². The third-order valence-electron chi connectivity index (χ3n) is 12.2. The Kier molecular flexibility index (Phi) is 17.1. The van der Waals surface area contributed by atoms with E-state index in [1.165, 1.54) is 12.1 Å². The van der Waals surface area contributed by atoms with Crippen molar-refractivity contribution < 1.29 is 105 Å². The standard InChI is InChI=1S/C52H32F24N2P2/c53-45(54,55)29-13-30(46(56,57)58)18-37(17-29)79(38-19-31(47(59,60)61)14-32(20-38)48(62,63)64)43-11-5-1-7-27(43)25-77-41-9-3-4-10-42(41)78-26-28-8-2-6-12-44(28)80(39-21-33(49(65,66)67)15-34(22-39)50(68,69)70)40-23-35(51(71,72)73)16-36(24-40)52(74,75)76/h1-2,5-8,11-26,41-42H,3-4,9-10H2/t41-,42-/m0/s1. The highest BCUT2D eigenvalue weighted by molar-refractivity contribution is 7.80. The van der Waals surface area contributed by atoms with Crippen molar-refractivity contribution in [2.24, 2.45) is 9.98 Å². The first-order valence-corrected chi connectivity index (χ1v) is 25.4. The molecule has 2 atom stereocenters. The average molecular weight is 1200 g/mol. The summed E-state index contributed by atoms with van der Waals surface area (Å²) in [5.74, 6) is 0. The molecule has 7 rings (SSSR count). The summed E-state index contributed by atoms with van der Waals surface area (Å²) >= 11 is 0. The Hall–Kier alpha value is -6.16. The molecule has 0 unspecified atom stereocenters. The van der Waals surface area contributed by atoms with Crippen LogP contribution in [0.2, 0.25) is 0 Å². The van der Waals surface area contributed by atoms with Gasteiger partial charge >= 0.3 is 49.4 Å². The topological polar surface area (TPSA) is 24.7 Å². The van der Waals surface area contributed by atoms with Gasteiger partial charge in [-0.15, -0.1) is 0 Å². The monoisotopic (exact) mass is 1200 g/mol. The molecule has 2 nitrogen and oxygen atoms in total. The third-order valence-corrected chi connectivity index (χ3v) is 17.1. The van der Waals surface area contributed by atoms with Crippen molar-refractivity contribution in [2.75, 3.05) is 0 Å². The van der Waals surface area contributed by atoms with Gasteiger partial charge in [0.15, 0.2) is 0 Å². The molecule has 0 radical (unpaired) electrons. The SMILES string of the molecule is FC(F)(F)c1cc(P(c2cc(C(F)(F)F)cc(C(F)(F)F)c2)c2ccccc2C=N[C@H]2CCCC[C@@H]2N=Cc2ccccc2P(c2cc(C(F)(F)F)cc(C(F)(F)F)c2)c2cc(C(F)(F)F)cc(C(F)(F)F)c2)cc(C(F)(F)F)c1. The molecule has 0 bridgehead atoms. The van der Waals surface area contributed by atoms with Crippen molar-refractivity contribution in [3.8, 4) is 0 Å². The summed E-state index contributed by atoms with van der Waals surface area (Å²) in [6.07, 6.45) is -41.4. The molecular formula is C52H32F24N2P2. The molecule has 1 aliphatic rings. The number of aliphatic imine (C=N–C) groups is 2. The smallest absolute Gasteiger partial charge is 0.287 e. The predicted octanol–water partition coefficient (Wildman–Crippen LogP) is 16.2. The van der Waals surface area contributed by atoms with Gasteiger partial charge in [0.05, 0.1) is 56.6 Å². The summed E-state index contributed by atoms with van der Waals surface area (Å²) in [6, 6.07) is 7.16. The summed E-state index contributed by atoms with van der Waals surface area (Å²) in [6.45, 7) is 0. The highest BCUT2D eigenvalue weighted by atomic mass is 31.1. The van der Waals surface area contributed by atoms with E-state index in [-0.39, 0.29) is 96.8 Å². The fraction of sp³-hybridized carbons (Fsp3) is 0.269. The second-order valence-electron chi connectivity index (χ2n) is 17.8. The van der Waals surface area contributed by atoms with Gasteiger partial charge in [0, 0.05) is 23.6 Å². The van der Waals surface area contributed by atoms with Crippen LogP contribution in [0, 0.1) is 0 Å². The molecule has 6 aromatic rings. The zero-order chi connectivity index (χ0) is 59.3. The van der Waals surface area contributed by atoms with Crippen molar-refractivity contribution in [3.05, 3.63) is 177 Å². The van der Waals surface area contributed by atoms with Crippen LogP contribution in [0.3, 0.4) is 0 Å². The van der Waals surface area contributed by atoms with Gasteiger partial charge in [-0.1, -0.05) is 61.4 Å². The highest BCUT2D eigenvalue weighted by Crippen LogP contribution is 2.46. The number of rotatable bonds is 10. The molecule has 1 fully saturated rings. The molecule has 6 aromatic carbocycles. The van der Waals surface area contributed by atoms with Crippen molar-refractivity contribution in [1.82, 2.24) is 0 Å². The molecule has 0 spiro atoms. The quantitative estimate of drug-likeness (QED) is 0.0742. The summed E-state index contributed by atoms with van der Waals surface area (Å²) in [5, 5.41) is -4.75. The molecule has 28 heteroatoms. The van der Waals surface area contributed by atoms with E-state index in [2.05, 4.69) is 9.98 Å². The maximum Gasteiger partial charge on any atom is 0.416 e. The van der Waals surface area contributed by atoms with Gasteiger partial charge in [0.2, 0.25) is 0 Å². The first-order valence-electron chi connectivity index (χ1n) is 22.7. The Bertz CT molecular complexity index is 2770. The number of hydrogen-bond donors (Lipinski definition) is 0. The van der Waals surface area contributed by atoms with Crippen molar-refractivity contribution in [3.63, 3.8) is 0 Å². The lowest BCUT2D eigenvalue weighted by Crippen LogP contribution is -2.29. The van der Waals surface area contributed by atoms with E-state index < -0.39 is 154 Å². The van der Waals surface area contributed by atoms with E-state index in [0.717, 1.165) is 48.8 Å². The molecule has 0 heterocycles. The van der Waals surface area contributed by atoms with E-state index in [0.29, 0.717) is 12.8 Å². The average Bonchev–Trinajstić information content (AvgIpc) is 3.34. The molecular weight excluding hydrogens is 1170 g/mol. The lowest BCUT2D eigenvalue weighted by molar-refractivity contribution is -0.144. The molecule has 0 saturated heterocycles. The number of alkyl halides is 24. The zero-order valence-electron chi connectivity index (χ0n) is 39.5. The van der Waals surface area contributed by atoms with Gasteiger partial charge in [-0.05, 0) is 133 Å². The lowest BCUT2D eigenvalue weighted by Gasteiger charge is -2.27. The minimum atomic E-state index is -5.54. The van der Waals surface area contributed by atoms with Gasteiger partial charge in [-0.3, -0.25) is 9.98 Å². The molecule has 80 heavy (non-hydrogen) atoms. The lowest BCUT2D eigenvalue weighted by atomic mass is 9.91. The second-order valence-corrected chi connectivity index (χ2v) is 22.2. The number of benzene rings is 6. The Labute approximate surface area is 438 Å². The largest absolute Gasteiger partial charge is 0.416 e. The Balaban J connectivity index is 1.38. The van der Waals surface area contributed by atoms with Crippen LogP contribution in [0.5, 0.6) is 0 Å². The van der Waals surface area contributed by atoms with Crippen LogP contribution in [0.1, 0.15) is 81.3 Å². The molecule has 1 aliphatic carbocycles. The highest BCUT2D eigenvalue weighted by Gasteiger charge is 2.43. The summed E-state index contributed by atoms with van der Waals surface area (Å²) in [7, 11) is -6.50. The van der Waals surface area contributed by atoms with Crippen LogP contribution in [0.25, 0.3) is 0 Å². The van der Waals surface area contributed by atoms with Crippen LogP contribution >= 0.6 is 15.8 Å². The fourth-order valence-electron chi connectivity index (χ4n) is 8.52. The normalized spacial score (nSPS) is 16.7. The van der Waals surface area contributed by atoms with Gasteiger partial charge in [-0.2, -0.15) is 105 Å². The fourth-order valence-corrected chi connectivity index (χ4v) is 13.6. The first kappa shape index (κ1) is 61.5. The summed E-state index contributed by atoms with van der Waals surface area (Å²) in [5.41, 5.74) is -16.1. The van der Waals surface area contributed by atoms with Gasteiger partial charge in [0.25, 0.3) is 0 Å². The molecule has 1 saturated carbocycles. The first-order chi connectivity index (χ1) is 36.7. The van der Waals surface area contributed by atoms with Crippen LogP contribution in [-0.2, 0) is 49.4 Å². The van der Waals surface area contributed by atoms with Crippen LogP contribution in [-0.4, -0.2) is 24.5 Å². The Morgan fingerprint density at radius 2 is 0.500 bits per heavy atom. The number of halogens is 24. The van der Waals surface area contributed by atoms with E-state index in [1.807, 2.05) is 0 Å². The molecule has 0 N–H and O–H groups in total. The van der Waals surface area contributed by atoms with Gasteiger partial charge in [-0.25, -0.2) is 0 Å². The maximum atomic E-state index is 14.3. The van der Waals surface area contributed by atoms with Crippen LogP contribution in [0.4, 0.5) is 105 Å². The van der Waals surface area contributed by atoms with Crippen LogP contribution < -0.4 is 31.8 Å². The minimum absolute atomic E-state index is 0.101. The summed E-state index contributed by atoms with van der Waals surface area (Å²) < 4.78 is 342. The van der Waals surface area contributed by atoms with Gasteiger partial charge < -0.3 is 0 Å².